The van der Waals surface area contributed by atoms with Crippen LogP contribution in [0.2, 0.25) is 0 Å². The molecule has 0 aliphatic carbocycles. The van der Waals surface area contributed by atoms with E-state index >= 15 is 0 Å². The summed E-state index contributed by atoms with van der Waals surface area (Å²) < 4.78 is 39.1. The van der Waals surface area contributed by atoms with Gasteiger partial charge in [-0.05, 0) is 26.7 Å². The third-order valence-electron chi connectivity index (χ3n) is 3.89. The largest absolute Gasteiger partial charge is 0.434 e. The molecule has 0 saturated heterocycles. The van der Waals surface area contributed by atoms with E-state index in [1.807, 2.05) is 13.8 Å². The van der Waals surface area contributed by atoms with Gasteiger partial charge in [0.2, 0.25) is 0 Å². The number of nitrogens with zero attached hydrogens (tertiary/aromatic N) is 2. The highest BCUT2D eigenvalue weighted by Gasteiger charge is 2.38. The average molecular weight is 304 g/mol. The number of imidazole rings is 1. The molecule has 0 aliphatic rings. The molecular weight excluding hydrogens is 281 g/mol. The first kappa shape index (κ1) is 17.7. The van der Waals surface area contributed by atoms with Gasteiger partial charge >= 0.3 is 6.18 Å². The zero-order valence-corrected chi connectivity index (χ0v) is 13.0. The second-order valence-corrected chi connectivity index (χ2v) is 5.83. The van der Waals surface area contributed by atoms with Gasteiger partial charge in [-0.1, -0.05) is 26.7 Å². The first-order valence-corrected chi connectivity index (χ1v) is 7.30. The second-order valence-electron chi connectivity index (χ2n) is 5.83. The Kier molecular flexibility index (Phi) is 5.59. The Morgan fingerprint density at radius 2 is 1.95 bits per heavy atom. The van der Waals surface area contributed by atoms with E-state index in [9.17, 15) is 18.0 Å². The van der Waals surface area contributed by atoms with E-state index in [2.05, 4.69) is 4.98 Å². The van der Waals surface area contributed by atoms with Gasteiger partial charge < -0.3 is 4.57 Å². The molecule has 0 fully saturated rings. The maximum Gasteiger partial charge on any atom is 0.434 e. The number of carbonyl (C=O) groups is 1. The summed E-state index contributed by atoms with van der Waals surface area (Å²) in [4.78, 5) is 16.0. The summed E-state index contributed by atoms with van der Waals surface area (Å²) in [6.45, 7) is 7.27. The van der Waals surface area contributed by atoms with Crippen LogP contribution in [0.25, 0.3) is 0 Å². The highest BCUT2D eigenvalue weighted by atomic mass is 19.4. The Labute approximate surface area is 123 Å². The van der Waals surface area contributed by atoms with Crippen LogP contribution in [0.4, 0.5) is 13.2 Å². The molecule has 0 aliphatic heterocycles. The highest BCUT2D eigenvalue weighted by molar-refractivity contribution is 5.88. The lowest BCUT2D eigenvalue weighted by Gasteiger charge is -2.29. The molecule has 0 saturated carbocycles. The highest BCUT2D eigenvalue weighted by Crippen LogP contribution is 2.31. The fourth-order valence-corrected chi connectivity index (χ4v) is 2.37. The lowest BCUT2D eigenvalue weighted by molar-refractivity contribution is -0.141. The monoisotopic (exact) mass is 304 g/mol. The molecule has 1 atom stereocenters. The van der Waals surface area contributed by atoms with Crippen LogP contribution in [0.1, 0.15) is 59.1 Å². The molecule has 1 unspecified atom stereocenters. The van der Waals surface area contributed by atoms with Crippen LogP contribution in [0.15, 0.2) is 12.5 Å². The third kappa shape index (κ3) is 4.08. The number of aromatic nitrogens is 2. The molecule has 0 radical (unpaired) electrons. The zero-order valence-electron chi connectivity index (χ0n) is 13.0. The van der Waals surface area contributed by atoms with Gasteiger partial charge in [-0.25, -0.2) is 4.98 Å². The van der Waals surface area contributed by atoms with Gasteiger partial charge in [0, 0.05) is 12.1 Å². The minimum atomic E-state index is -4.49. The first-order chi connectivity index (χ1) is 9.64. The van der Waals surface area contributed by atoms with Crippen molar-refractivity contribution < 1.29 is 18.0 Å². The molecule has 1 rings (SSSR count). The maximum absolute atomic E-state index is 12.6. The second kappa shape index (κ2) is 6.62. The molecule has 21 heavy (non-hydrogen) atoms. The van der Waals surface area contributed by atoms with Crippen molar-refractivity contribution in [3.63, 3.8) is 0 Å². The molecule has 1 aromatic heterocycles. The van der Waals surface area contributed by atoms with Crippen molar-refractivity contribution in [2.24, 2.45) is 5.92 Å². The Morgan fingerprint density at radius 3 is 2.38 bits per heavy atom. The van der Waals surface area contributed by atoms with Crippen LogP contribution in [-0.4, -0.2) is 15.3 Å². The molecule has 1 aromatic rings. The van der Waals surface area contributed by atoms with E-state index in [1.54, 1.807) is 13.8 Å². The quantitative estimate of drug-likeness (QED) is 0.747. The molecule has 0 N–H and O–H groups in total. The van der Waals surface area contributed by atoms with Crippen molar-refractivity contribution in [1.29, 1.82) is 0 Å². The zero-order chi connectivity index (χ0) is 16.3. The number of unbranched alkanes of at least 4 members (excludes halogenated alkanes) is 1. The molecule has 1 heterocycles. The Balaban J connectivity index is 2.98. The van der Waals surface area contributed by atoms with Crippen molar-refractivity contribution in [3.8, 4) is 0 Å². The first-order valence-electron chi connectivity index (χ1n) is 7.30. The molecule has 6 heteroatoms. The van der Waals surface area contributed by atoms with E-state index < -0.39 is 17.4 Å². The lowest BCUT2D eigenvalue weighted by atomic mass is 9.84. The van der Waals surface area contributed by atoms with E-state index in [0.717, 1.165) is 31.8 Å². The number of Topliss-reactive ketones (excluding diaryl/α,β-unsaturated/α-hetero) is 1. The third-order valence-corrected chi connectivity index (χ3v) is 3.89. The van der Waals surface area contributed by atoms with E-state index in [4.69, 9.17) is 0 Å². The minimum absolute atomic E-state index is 0.0374. The molecule has 3 nitrogen and oxygen atoms in total. The topological polar surface area (TPSA) is 34.9 Å². The number of alkyl halides is 3. The summed E-state index contributed by atoms with van der Waals surface area (Å²) in [5.41, 5.74) is -1.99. The van der Waals surface area contributed by atoms with Gasteiger partial charge in [-0.15, -0.1) is 0 Å². The Hall–Kier alpha value is -1.33. The Bertz CT molecular complexity index is 478. The van der Waals surface area contributed by atoms with Crippen molar-refractivity contribution in [2.45, 2.75) is 65.1 Å². The number of hydrogen-bond acceptors (Lipinski definition) is 2. The van der Waals surface area contributed by atoms with Crippen molar-refractivity contribution in [3.05, 3.63) is 18.2 Å². The summed E-state index contributed by atoms with van der Waals surface area (Å²) in [6, 6.07) is 0. The normalized spacial score (nSPS) is 14.2. The molecular formula is C15H23F3N2O. The number of carbonyl (C=O) groups excluding carboxylic acids is 1. The molecule has 0 aromatic carbocycles. The Morgan fingerprint density at radius 1 is 1.33 bits per heavy atom. The SMILES string of the molecule is CCCCC(CC)C(=O)C(C)(C)n1cnc(C(F)(F)F)c1. The smallest absolute Gasteiger partial charge is 0.324 e. The van der Waals surface area contributed by atoms with Crippen LogP contribution in [0.5, 0.6) is 0 Å². The fourth-order valence-electron chi connectivity index (χ4n) is 2.37. The summed E-state index contributed by atoms with van der Waals surface area (Å²) >= 11 is 0. The van der Waals surface area contributed by atoms with Crippen molar-refractivity contribution in [2.75, 3.05) is 0 Å². The average Bonchev–Trinajstić information content (AvgIpc) is 2.89. The summed E-state index contributed by atoms with van der Waals surface area (Å²) in [5.74, 6) is -0.165. The predicted octanol–water partition coefficient (Wildman–Crippen LogP) is 4.42. The van der Waals surface area contributed by atoms with E-state index in [0.29, 0.717) is 6.42 Å². The maximum atomic E-state index is 12.6. The summed E-state index contributed by atoms with van der Waals surface area (Å²) in [5, 5.41) is 0. The van der Waals surface area contributed by atoms with Gasteiger partial charge in [0.15, 0.2) is 11.5 Å². The standard InChI is InChI=1S/C15H23F3N2O/c1-5-7-8-11(6-2)13(21)14(3,4)20-9-12(19-10-20)15(16,17)18/h9-11H,5-8H2,1-4H3. The molecule has 0 spiro atoms. The van der Waals surface area contributed by atoms with E-state index in [1.165, 1.54) is 4.57 Å². The summed E-state index contributed by atoms with van der Waals surface area (Å²) in [6.07, 6.45) is 0.916. The van der Waals surface area contributed by atoms with Crippen molar-refractivity contribution in [1.82, 2.24) is 9.55 Å². The van der Waals surface area contributed by atoms with Crippen LogP contribution in [0.3, 0.4) is 0 Å². The van der Waals surface area contributed by atoms with Crippen molar-refractivity contribution >= 4 is 5.78 Å². The lowest BCUT2D eigenvalue weighted by Crippen LogP contribution is -2.39. The minimum Gasteiger partial charge on any atom is -0.324 e. The number of ketones is 1. The van der Waals surface area contributed by atoms with Crippen LogP contribution in [0, 0.1) is 5.92 Å². The molecule has 120 valence electrons. The van der Waals surface area contributed by atoms with Gasteiger partial charge in [-0.3, -0.25) is 4.79 Å². The predicted molar refractivity (Wildman–Crippen MR) is 74.9 cm³/mol. The number of hydrogen-bond donors (Lipinski definition) is 0. The van der Waals surface area contributed by atoms with Crippen LogP contribution < -0.4 is 0 Å². The van der Waals surface area contributed by atoms with Gasteiger partial charge in [0.1, 0.15) is 0 Å². The van der Waals surface area contributed by atoms with Gasteiger partial charge in [0.05, 0.1) is 11.9 Å². The van der Waals surface area contributed by atoms with Crippen LogP contribution in [-0.2, 0) is 16.5 Å². The number of halogens is 3. The summed E-state index contributed by atoms with van der Waals surface area (Å²) in [7, 11) is 0. The van der Waals surface area contributed by atoms with Gasteiger partial charge in [0.25, 0.3) is 0 Å². The molecule has 0 bridgehead atoms. The molecule has 0 amide bonds. The van der Waals surface area contributed by atoms with Crippen LogP contribution >= 0.6 is 0 Å². The van der Waals surface area contributed by atoms with E-state index in [-0.39, 0.29) is 11.7 Å². The van der Waals surface area contributed by atoms with Gasteiger partial charge in [-0.2, -0.15) is 13.2 Å². The fraction of sp³-hybridized carbons (Fsp3) is 0.733. The number of rotatable bonds is 7.